The molecule has 0 aromatic heterocycles. The van der Waals surface area contributed by atoms with Gasteiger partial charge in [-0.3, -0.25) is 4.79 Å². The Bertz CT molecular complexity index is 493. The summed E-state index contributed by atoms with van der Waals surface area (Å²) in [5.41, 5.74) is 7.12. The molecule has 3 N–H and O–H groups in total. The molecule has 2 rings (SSSR count). The first-order valence-corrected chi connectivity index (χ1v) is 7.13. The van der Waals surface area contributed by atoms with E-state index < -0.39 is 5.54 Å². The van der Waals surface area contributed by atoms with Gasteiger partial charge in [-0.15, -0.1) is 0 Å². The second-order valence-corrected chi connectivity index (χ2v) is 5.77. The number of nitrogens with two attached hydrogens (primary N) is 1. The minimum absolute atomic E-state index is 0.0848. The van der Waals surface area contributed by atoms with E-state index in [1.165, 1.54) is 6.42 Å². The molecular formula is C15H20N2OS. The highest BCUT2D eigenvalue weighted by molar-refractivity contribution is 7.80. The highest BCUT2D eigenvalue weighted by atomic mass is 32.1. The maximum Gasteiger partial charge on any atom is 0.252 e. The summed E-state index contributed by atoms with van der Waals surface area (Å²) in [6, 6.07) is 7.56. The minimum atomic E-state index is -0.492. The fraction of sp³-hybridized carbons (Fsp3) is 0.467. The first kappa shape index (κ1) is 14.0. The van der Waals surface area contributed by atoms with Crippen molar-refractivity contribution in [3.63, 3.8) is 0 Å². The molecule has 0 atom stereocenters. The van der Waals surface area contributed by atoms with Crippen LogP contribution in [0.1, 0.15) is 48.0 Å². The van der Waals surface area contributed by atoms with Crippen molar-refractivity contribution >= 4 is 23.1 Å². The van der Waals surface area contributed by atoms with Crippen LogP contribution in [0.3, 0.4) is 0 Å². The van der Waals surface area contributed by atoms with Crippen molar-refractivity contribution in [2.75, 3.05) is 0 Å². The van der Waals surface area contributed by atoms with Gasteiger partial charge < -0.3 is 11.1 Å². The van der Waals surface area contributed by atoms with Crippen LogP contribution in [0.4, 0.5) is 0 Å². The first-order chi connectivity index (χ1) is 9.03. The van der Waals surface area contributed by atoms with Gasteiger partial charge in [0.05, 0.1) is 10.5 Å². The lowest BCUT2D eigenvalue weighted by atomic mass is 9.81. The fourth-order valence-corrected chi connectivity index (χ4v) is 2.92. The number of hydrogen-bond donors (Lipinski definition) is 2. The first-order valence-electron chi connectivity index (χ1n) is 6.73. The van der Waals surface area contributed by atoms with Crippen molar-refractivity contribution < 1.29 is 4.79 Å². The van der Waals surface area contributed by atoms with Crippen molar-refractivity contribution in [2.24, 2.45) is 5.73 Å². The summed E-state index contributed by atoms with van der Waals surface area (Å²) in [5.74, 6) is -0.0848. The Balaban J connectivity index is 2.18. The van der Waals surface area contributed by atoms with E-state index >= 15 is 0 Å². The third kappa shape index (κ3) is 3.13. The molecule has 0 heterocycles. The molecule has 102 valence electrons. The van der Waals surface area contributed by atoms with Gasteiger partial charge in [-0.25, -0.2) is 0 Å². The summed E-state index contributed by atoms with van der Waals surface area (Å²) >= 11 is 5.18. The predicted octanol–water partition coefficient (Wildman–Crippen LogP) is 2.71. The molecule has 1 aliphatic rings. The van der Waals surface area contributed by atoms with Gasteiger partial charge in [0.15, 0.2) is 0 Å². The second-order valence-electron chi connectivity index (χ2n) is 5.33. The number of benzene rings is 1. The van der Waals surface area contributed by atoms with Gasteiger partial charge in [-0.2, -0.15) is 0 Å². The molecule has 0 radical (unpaired) electrons. The molecule has 4 heteroatoms. The molecule has 0 unspecified atom stereocenters. The van der Waals surface area contributed by atoms with E-state index in [0.717, 1.165) is 31.2 Å². The lowest BCUT2D eigenvalue weighted by Crippen LogP contribution is -2.57. The summed E-state index contributed by atoms with van der Waals surface area (Å²) in [4.78, 5) is 12.8. The number of amides is 1. The van der Waals surface area contributed by atoms with Crippen molar-refractivity contribution in [3.8, 4) is 0 Å². The van der Waals surface area contributed by atoms with Gasteiger partial charge in [0, 0.05) is 5.56 Å². The molecule has 3 nitrogen and oxygen atoms in total. The quantitative estimate of drug-likeness (QED) is 0.835. The third-order valence-electron chi connectivity index (χ3n) is 3.81. The summed E-state index contributed by atoms with van der Waals surface area (Å²) < 4.78 is 0. The van der Waals surface area contributed by atoms with Gasteiger partial charge in [0.2, 0.25) is 0 Å². The molecule has 1 aliphatic carbocycles. The number of aryl methyl sites for hydroxylation is 1. The highest BCUT2D eigenvalue weighted by Gasteiger charge is 2.36. The molecule has 1 amide bonds. The average Bonchev–Trinajstić information content (AvgIpc) is 2.39. The third-order valence-corrected chi connectivity index (χ3v) is 4.20. The highest BCUT2D eigenvalue weighted by Crippen LogP contribution is 2.29. The Hall–Kier alpha value is -1.42. The average molecular weight is 276 g/mol. The molecule has 19 heavy (non-hydrogen) atoms. The normalized spacial score (nSPS) is 17.7. The van der Waals surface area contributed by atoms with Crippen LogP contribution in [0.15, 0.2) is 24.3 Å². The van der Waals surface area contributed by atoms with Crippen molar-refractivity contribution in [2.45, 2.75) is 44.6 Å². The van der Waals surface area contributed by atoms with Crippen LogP contribution in [0.25, 0.3) is 0 Å². The lowest BCUT2D eigenvalue weighted by molar-refractivity contribution is 0.0908. The van der Waals surface area contributed by atoms with E-state index in [1.54, 1.807) is 0 Å². The van der Waals surface area contributed by atoms with Crippen LogP contribution in [-0.4, -0.2) is 16.4 Å². The Morgan fingerprint density at radius 3 is 2.58 bits per heavy atom. The SMILES string of the molecule is Cc1cccc(C(=O)NC2(C(N)=S)CCCCC2)c1. The van der Waals surface area contributed by atoms with Crippen molar-refractivity contribution in [1.82, 2.24) is 5.32 Å². The van der Waals surface area contributed by atoms with E-state index in [4.69, 9.17) is 18.0 Å². The lowest BCUT2D eigenvalue weighted by Gasteiger charge is -2.37. The molecular weight excluding hydrogens is 256 g/mol. The fourth-order valence-electron chi connectivity index (χ4n) is 2.66. The van der Waals surface area contributed by atoms with Crippen LogP contribution >= 0.6 is 12.2 Å². The van der Waals surface area contributed by atoms with Crippen LogP contribution in [0.2, 0.25) is 0 Å². The zero-order valence-electron chi connectivity index (χ0n) is 11.2. The van der Waals surface area contributed by atoms with E-state index in [-0.39, 0.29) is 5.91 Å². The summed E-state index contributed by atoms with van der Waals surface area (Å²) in [6.07, 6.45) is 5.00. The van der Waals surface area contributed by atoms with Gasteiger partial charge >= 0.3 is 0 Å². The number of carbonyl (C=O) groups is 1. The van der Waals surface area contributed by atoms with Crippen molar-refractivity contribution in [1.29, 1.82) is 0 Å². The van der Waals surface area contributed by atoms with Gasteiger partial charge in [0.1, 0.15) is 0 Å². The molecule has 0 aliphatic heterocycles. The molecule has 1 fully saturated rings. The van der Waals surface area contributed by atoms with Gasteiger partial charge in [-0.05, 0) is 31.9 Å². The smallest absolute Gasteiger partial charge is 0.252 e. The van der Waals surface area contributed by atoms with E-state index in [2.05, 4.69) is 5.32 Å². The molecule has 0 spiro atoms. The number of nitrogens with one attached hydrogen (secondary N) is 1. The van der Waals surface area contributed by atoms with E-state index in [9.17, 15) is 4.79 Å². The van der Waals surface area contributed by atoms with Crippen molar-refractivity contribution in [3.05, 3.63) is 35.4 Å². The molecule has 1 saturated carbocycles. The number of hydrogen-bond acceptors (Lipinski definition) is 2. The van der Waals surface area contributed by atoms with Gasteiger partial charge in [-0.1, -0.05) is 49.2 Å². The molecule has 1 aromatic carbocycles. The number of thiocarbonyl (C=S) groups is 1. The monoisotopic (exact) mass is 276 g/mol. The summed E-state index contributed by atoms with van der Waals surface area (Å²) in [7, 11) is 0. The van der Waals surface area contributed by atoms with Crippen LogP contribution in [0.5, 0.6) is 0 Å². The van der Waals surface area contributed by atoms with Gasteiger partial charge in [0.25, 0.3) is 5.91 Å². The van der Waals surface area contributed by atoms with E-state index in [1.807, 2.05) is 31.2 Å². The Labute approximate surface area is 119 Å². The zero-order chi connectivity index (χ0) is 13.9. The zero-order valence-corrected chi connectivity index (χ0v) is 12.1. The largest absolute Gasteiger partial charge is 0.391 e. The van der Waals surface area contributed by atoms with Crippen LogP contribution in [0, 0.1) is 6.92 Å². The second kappa shape index (κ2) is 5.70. The Morgan fingerprint density at radius 2 is 2.00 bits per heavy atom. The summed E-state index contributed by atoms with van der Waals surface area (Å²) in [5, 5.41) is 3.07. The number of carbonyl (C=O) groups excluding carboxylic acids is 1. The summed E-state index contributed by atoms with van der Waals surface area (Å²) in [6.45, 7) is 1.97. The minimum Gasteiger partial charge on any atom is -0.391 e. The molecule has 1 aromatic rings. The van der Waals surface area contributed by atoms with Crippen LogP contribution in [-0.2, 0) is 0 Å². The maximum atomic E-state index is 12.3. The van der Waals surface area contributed by atoms with E-state index in [0.29, 0.717) is 10.6 Å². The number of rotatable bonds is 3. The maximum absolute atomic E-state index is 12.3. The Kier molecular flexibility index (Phi) is 4.20. The molecule has 0 saturated heterocycles. The Morgan fingerprint density at radius 1 is 1.32 bits per heavy atom. The predicted molar refractivity (Wildman–Crippen MR) is 81.2 cm³/mol. The topological polar surface area (TPSA) is 55.1 Å². The standard InChI is InChI=1S/C15H20N2OS/c1-11-6-5-7-12(10-11)13(18)17-15(14(16)19)8-3-2-4-9-15/h5-7,10H,2-4,8-9H2,1H3,(H2,16,19)(H,17,18). The molecule has 0 bridgehead atoms. The van der Waals surface area contributed by atoms with Crippen LogP contribution < -0.4 is 11.1 Å².